The molecule has 1 N–H and O–H groups in total. The Kier molecular flexibility index (Phi) is 8.25. The van der Waals surface area contributed by atoms with Crippen LogP contribution in [0, 0.1) is 32.6 Å². The van der Waals surface area contributed by atoms with Gasteiger partial charge in [-0.3, -0.25) is 9.59 Å². The van der Waals surface area contributed by atoms with Crippen molar-refractivity contribution < 1.29 is 19.5 Å². The van der Waals surface area contributed by atoms with Gasteiger partial charge >= 0.3 is 0 Å². The Hall–Kier alpha value is -2.14. The van der Waals surface area contributed by atoms with Crippen LogP contribution in [0.5, 0.6) is 0 Å². The summed E-state index contributed by atoms with van der Waals surface area (Å²) in [4.78, 5) is 27.8. The van der Waals surface area contributed by atoms with Crippen molar-refractivity contribution in [1.82, 2.24) is 0 Å². The van der Waals surface area contributed by atoms with E-state index in [0.29, 0.717) is 24.7 Å². The van der Waals surface area contributed by atoms with Crippen LogP contribution < -0.4 is 0 Å². The first-order chi connectivity index (χ1) is 14.1. The van der Waals surface area contributed by atoms with Gasteiger partial charge in [0.2, 0.25) is 5.78 Å². The molecule has 0 aromatic heterocycles. The fourth-order valence-electron chi connectivity index (χ4n) is 3.99. The fourth-order valence-corrected chi connectivity index (χ4v) is 4.23. The highest BCUT2D eigenvalue weighted by Crippen LogP contribution is 2.43. The van der Waals surface area contributed by atoms with E-state index in [4.69, 9.17) is 16.4 Å². The molecule has 6 heteroatoms. The number of hydrogen-bond donors (Lipinski definition) is 1. The molecule has 0 spiro atoms. The number of carbonyl (C=O) groups excluding carboxylic acids is 2. The average molecular weight is 434 g/mol. The Morgan fingerprint density at radius 1 is 1.17 bits per heavy atom. The summed E-state index contributed by atoms with van der Waals surface area (Å²) in [5.41, 5.74) is 4.61. The van der Waals surface area contributed by atoms with Crippen LogP contribution >= 0.6 is 11.6 Å². The maximum absolute atomic E-state index is 12.7. The molecule has 1 aromatic rings. The summed E-state index contributed by atoms with van der Waals surface area (Å²) in [6, 6.07) is 4.18. The number of Topliss-reactive ketones (excluding diaryl/α,β-unsaturated/α-hetero) is 2. The molecule has 1 aromatic carbocycles. The van der Waals surface area contributed by atoms with Gasteiger partial charge < -0.3 is 9.94 Å². The average Bonchev–Trinajstić information content (AvgIpc) is 3.34. The van der Waals surface area contributed by atoms with E-state index in [1.807, 2.05) is 41.5 Å². The van der Waals surface area contributed by atoms with Gasteiger partial charge in [-0.1, -0.05) is 54.7 Å². The number of aliphatic hydroxyl groups is 1. The van der Waals surface area contributed by atoms with Crippen LogP contribution in [-0.4, -0.2) is 29.0 Å². The lowest BCUT2D eigenvalue weighted by Gasteiger charge is -2.33. The topological polar surface area (TPSA) is 76.0 Å². The van der Waals surface area contributed by atoms with E-state index < -0.39 is 5.78 Å². The van der Waals surface area contributed by atoms with Gasteiger partial charge in [-0.25, -0.2) is 0 Å². The van der Waals surface area contributed by atoms with E-state index in [0.717, 1.165) is 35.1 Å². The van der Waals surface area contributed by atoms with Crippen molar-refractivity contribution in [1.29, 1.82) is 0 Å². The number of ketones is 2. The monoisotopic (exact) mass is 433 g/mol. The molecule has 2 aliphatic rings. The lowest BCUT2D eigenvalue weighted by atomic mass is 9.71. The molecule has 30 heavy (non-hydrogen) atoms. The molecule has 164 valence electrons. The molecule has 1 saturated carbocycles. The zero-order valence-electron chi connectivity index (χ0n) is 18.7. The number of rotatable bonds is 5. The quantitative estimate of drug-likeness (QED) is 0.605. The molecule has 0 bridgehead atoms. The van der Waals surface area contributed by atoms with Crippen molar-refractivity contribution in [3.63, 3.8) is 0 Å². The van der Waals surface area contributed by atoms with Crippen LogP contribution in [0.25, 0.3) is 0 Å². The Morgan fingerprint density at radius 3 is 2.13 bits per heavy atom. The summed E-state index contributed by atoms with van der Waals surface area (Å²) >= 11 is 6.12. The number of carbonyl (C=O) groups is 2. The molecule has 5 nitrogen and oxygen atoms in total. The first-order valence-corrected chi connectivity index (χ1v) is 10.9. The number of oxime groups is 1. The number of allylic oxidation sites excluding steroid dienone is 2. The van der Waals surface area contributed by atoms with Crippen LogP contribution in [0.2, 0.25) is 0 Å². The van der Waals surface area contributed by atoms with E-state index in [9.17, 15) is 14.7 Å². The summed E-state index contributed by atoms with van der Waals surface area (Å²) in [7, 11) is 0. The summed E-state index contributed by atoms with van der Waals surface area (Å²) in [6.45, 7) is 12.3. The third-order valence-electron chi connectivity index (χ3n) is 5.54. The third kappa shape index (κ3) is 5.31. The molecule has 3 atom stereocenters. The number of nitrogens with zero attached hydrogens (tertiary/aromatic N) is 1. The number of aliphatic hydroxyl groups excluding tert-OH is 1. The van der Waals surface area contributed by atoms with Crippen molar-refractivity contribution in [3.8, 4) is 0 Å². The van der Waals surface area contributed by atoms with Crippen LogP contribution in [-0.2, 0) is 14.4 Å². The predicted octanol–water partition coefficient (Wildman–Crippen LogP) is 5.69. The second-order valence-corrected chi connectivity index (χ2v) is 8.56. The highest BCUT2D eigenvalue weighted by molar-refractivity contribution is 6.60. The maximum Gasteiger partial charge on any atom is 0.225 e. The van der Waals surface area contributed by atoms with Crippen molar-refractivity contribution in [2.24, 2.45) is 17.0 Å². The molecule has 0 heterocycles. The molecule has 3 rings (SSSR count). The van der Waals surface area contributed by atoms with Gasteiger partial charge in [-0.2, -0.15) is 0 Å². The van der Waals surface area contributed by atoms with E-state index in [-0.39, 0.29) is 28.3 Å². The van der Waals surface area contributed by atoms with E-state index in [2.05, 4.69) is 17.3 Å². The minimum Gasteiger partial charge on any atom is -0.510 e. The first kappa shape index (κ1) is 24.1. The minimum absolute atomic E-state index is 0.0339. The van der Waals surface area contributed by atoms with Crippen molar-refractivity contribution in [2.75, 3.05) is 6.61 Å². The number of aryl methyl sites for hydroxylation is 3. The molecule has 1 fully saturated rings. The second kappa shape index (κ2) is 10.3. The lowest BCUT2D eigenvalue weighted by molar-refractivity contribution is -0.111. The molecule has 3 unspecified atom stereocenters. The number of benzene rings is 1. The normalized spacial score (nSPS) is 24.6. The Balaban J connectivity index is 0.000000558. The Labute approximate surface area is 184 Å². The molecule has 0 saturated heterocycles. The molecular weight excluding hydrogens is 402 g/mol. The zero-order chi connectivity index (χ0) is 22.6. The molecule has 2 aliphatic carbocycles. The smallest absolute Gasteiger partial charge is 0.225 e. The van der Waals surface area contributed by atoms with E-state index >= 15 is 0 Å². The van der Waals surface area contributed by atoms with Gasteiger partial charge in [0.25, 0.3) is 0 Å². The third-order valence-corrected chi connectivity index (χ3v) is 5.91. The summed E-state index contributed by atoms with van der Waals surface area (Å²) in [5, 5.41) is 14.5. The fraction of sp³-hybridized carbons (Fsp3) is 0.542. The van der Waals surface area contributed by atoms with Crippen molar-refractivity contribution >= 4 is 28.9 Å². The highest BCUT2D eigenvalue weighted by atomic mass is 35.5. The Morgan fingerprint density at radius 2 is 1.70 bits per heavy atom. The van der Waals surface area contributed by atoms with Gasteiger partial charge in [0.15, 0.2) is 0 Å². The molecule has 0 amide bonds. The predicted molar refractivity (Wildman–Crippen MR) is 120 cm³/mol. The lowest BCUT2D eigenvalue weighted by Crippen LogP contribution is -2.36. The van der Waals surface area contributed by atoms with Crippen LogP contribution in [0.3, 0.4) is 0 Å². The van der Waals surface area contributed by atoms with Gasteiger partial charge in [-0.05, 0) is 50.8 Å². The van der Waals surface area contributed by atoms with Gasteiger partial charge in [0, 0.05) is 24.2 Å². The SMILES string of the molecule is CC1CC1=O.CCCC1C(O)=C(Cl)C(=O)C(=NOCC)C1c1c(C)cc(C)cc1C. The summed E-state index contributed by atoms with van der Waals surface area (Å²) < 4.78 is 0. The largest absolute Gasteiger partial charge is 0.510 e. The highest BCUT2D eigenvalue weighted by Gasteiger charge is 2.43. The molecule has 0 radical (unpaired) electrons. The van der Waals surface area contributed by atoms with Crippen molar-refractivity contribution in [3.05, 3.63) is 45.2 Å². The van der Waals surface area contributed by atoms with E-state index in [1.54, 1.807) is 0 Å². The first-order valence-electron chi connectivity index (χ1n) is 10.6. The molecule has 0 aliphatic heterocycles. The minimum atomic E-state index is -0.454. The van der Waals surface area contributed by atoms with Gasteiger partial charge in [-0.15, -0.1) is 0 Å². The van der Waals surface area contributed by atoms with Gasteiger partial charge in [0.05, 0.1) is 0 Å². The summed E-state index contributed by atoms with van der Waals surface area (Å²) in [6.07, 6.45) is 2.40. The van der Waals surface area contributed by atoms with Crippen molar-refractivity contribution in [2.45, 2.75) is 66.7 Å². The Bertz CT molecular complexity index is 864. The molecular formula is C24H32ClNO4. The second-order valence-electron chi connectivity index (χ2n) is 8.18. The van der Waals surface area contributed by atoms with Crippen LogP contribution in [0.1, 0.15) is 68.2 Å². The van der Waals surface area contributed by atoms with E-state index in [1.165, 1.54) is 0 Å². The van der Waals surface area contributed by atoms with Crippen LogP contribution in [0.4, 0.5) is 0 Å². The number of hydrogen-bond acceptors (Lipinski definition) is 5. The summed E-state index contributed by atoms with van der Waals surface area (Å²) in [5.74, 6) is -0.297. The van der Waals surface area contributed by atoms with Crippen LogP contribution in [0.15, 0.2) is 28.1 Å². The standard InChI is InChI=1S/C20H26ClNO3.C4H6O/c1-6-8-14-16(15-12(4)9-11(3)10-13(15)5)18(22-25-7-2)20(24)17(21)19(14)23;1-3-2-4(3)5/h9-10,14,16,23H,6-8H2,1-5H3;3H,2H2,1H3. The van der Waals surface area contributed by atoms with Gasteiger partial charge in [0.1, 0.15) is 28.9 Å². The maximum atomic E-state index is 12.7. The number of halogens is 1. The zero-order valence-corrected chi connectivity index (χ0v) is 19.5.